The first-order chi connectivity index (χ1) is 8.49. The number of nitrogens with zero attached hydrogens (tertiary/aromatic N) is 2. The molecule has 0 aliphatic heterocycles. The van der Waals surface area contributed by atoms with Gasteiger partial charge in [-0.3, -0.25) is 0 Å². The molecule has 3 rings (SSSR count). The second-order valence-electron chi connectivity index (χ2n) is 4.91. The molecule has 1 aliphatic rings. The topological polar surface area (TPSA) is 72.0 Å². The quantitative estimate of drug-likeness (QED) is 0.910. The molecule has 1 saturated carbocycles. The molecule has 0 saturated heterocycles. The van der Waals surface area contributed by atoms with Crippen molar-refractivity contribution >= 4 is 20.9 Å². The Morgan fingerprint density at radius 3 is 2.83 bits per heavy atom. The number of benzene rings is 1. The summed E-state index contributed by atoms with van der Waals surface area (Å²) in [6.07, 6.45) is 4.84. The van der Waals surface area contributed by atoms with E-state index in [1.807, 2.05) is 6.92 Å². The summed E-state index contributed by atoms with van der Waals surface area (Å²) in [5.74, 6) is 0. The number of hydrogen-bond acceptors (Lipinski definition) is 4. The molecule has 0 unspecified atom stereocenters. The zero-order valence-electron chi connectivity index (χ0n) is 9.92. The summed E-state index contributed by atoms with van der Waals surface area (Å²) >= 11 is 0. The fourth-order valence-corrected chi connectivity index (χ4v) is 3.30. The minimum Gasteiger partial charge on any atom is -0.244 e. The third-order valence-electron chi connectivity index (χ3n) is 3.17. The van der Waals surface area contributed by atoms with Gasteiger partial charge in [0.2, 0.25) is 10.0 Å². The van der Waals surface area contributed by atoms with Crippen LogP contribution in [0.15, 0.2) is 35.6 Å². The maximum Gasteiger partial charge on any atom is 0.241 e. The van der Waals surface area contributed by atoms with Crippen molar-refractivity contribution in [2.75, 3.05) is 0 Å². The maximum atomic E-state index is 12.2. The van der Waals surface area contributed by atoms with Crippen LogP contribution in [-0.4, -0.2) is 23.9 Å². The largest absolute Gasteiger partial charge is 0.244 e. The molecular weight excluding hydrogens is 250 g/mol. The first-order valence-electron chi connectivity index (χ1n) is 5.72. The monoisotopic (exact) mass is 263 g/mol. The van der Waals surface area contributed by atoms with Gasteiger partial charge in [-0.25, -0.2) is 23.1 Å². The Morgan fingerprint density at radius 1 is 1.33 bits per heavy atom. The molecule has 94 valence electrons. The Labute approximate surface area is 105 Å². The Morgan fingerprint density at radius 2 is 2.11 bits per heavy atom. The molecular formula is C12H13N3O2S. The molecule has 0 bridgehead atoms. The molecule has 6 heteroatoms. The molecule has 5 nitrogen and oxygen atoms in total. The van der Waals surface area contributed by atoms with E-state index >= 15 is 0 Å². The van der Waals surface area contributed by atoms with E-state index in [4.69, 9.17) is 0 Å². The smallest absolute Gasteiger partial charge is 0.241 e. The zero-order valence-corrected chi connectivity index (χ0v) is 10.7. The first kappa shape index (κ1) is 11.6. The van der Waals surface area contributed by atoms with Crippen molar-refractivity contribution in [3.05, 3.63) is 30.7 Å². The number of fused-ring (bicyclic) bond motifs is 1. The lowest BCUT2D eigenvalue weighted by Gasteiger charge is -2.12. The fourth-order valence-electron chi connectivity index (χ4n) is 1.80. The van der Waals surface area contributed by atoms with E-state index in [1.165, 1.54) is 6.33 Å². The molecule has 0 atom stereocenters. The van der Waals surface area contributed by atoms with Gasteiger partial charge in [-0.15, -0.1) is 0 Å². The second-order valence-corrected chi connectivity index (χ2v) is 6.59. The van der Waals surface area contributed by atoms with E-state index in [0.29, 0.717) is 0 Å². The van der Waals surface area contributed by atoms with Gasteiger partial charge in [-0.1, -0.05) is 0 Å². The van der Waals surface area contributed by atoms with E-state index < -0.39 is 10.0 Å². The Bertz CT molecular complexity index is 708. The van der Waals surface area contributed by atoms with Crippen molar-refractivity contribution in [2.45, 2.75) is 30.2 Å². The summed E-state index contributed by atoms with van der Waals surface area (Å²) in [6.45, 7) is 1.91. The van der Waals surface area contributed by atoms with Gasteiger partial charge in [0, 0.05) is 17.1 Å². The molecule has 0 radical (unpaired) electrons. The van der Waals surface area contributed by atoms with E-state index in [0.717, 1.165) is 23.7 Å². The van der Waals surface area contributed by atoms with Gasteiger partial charge in [0.15, 0.2) is 0 Å². The molecule has 1 aliphatic carbocycles. The highest BCUT2D eigenvalue weighted by Gasteiger charge is 2.41. The van der Waals surface area contributed by atoms with Crippen molar-refractivity contribution in [3.8, 4) is 0 Å². The van der Waals surface area contributed by atoms with Crippen LogP contribution in [-0.2, 0) is 10.0 Å². The van der Waals surface area contributed by atoms with Gasteiger partial charge < -0.3 is 0 Å². The highest BCUT2D eigenvalue weighted by Crippen LogP contribution is 2.36. The number of aromatic nitrogens is 2. The Balaban J connectivity index is 2.03. The highest BCUT2D eigenvalue weighted by molar-refractivity contribution is 7.89. The summed E-state index contributed by atoms with van der Waals surface area (Å²) in [5.41, 5.74) is 0.475. The summed E-state index contributed by atoms with van der Waals surface area (Å²) < 4.78 is 27.1. The van der Waals surface area contributed by atoms with Crippen LogP contribution in [0.5, 0.6) is 0 Å². The van der Waals surface area contributed by atoms with E-state index in [1.54, 1.807) is 24.4 Å². The number of sulfonamides is 1. The van der Waals surface area contributed by atoms with Crippen LogP contribution in [0.4, 0.5) is 0 Å². The molecule has 1 aromatic carbocycles. The van der Waals surface area contributed by atoms with Crippen LogP contribution < -0.4 is 4.72 Å². The standard InChI is InChI=1S/C12H13N3O2S/c1-12(4-5-12)15-18(16,17)10-2-3-11-9(6-10)7-13-8-14-11/h2-3,6-8,15H,4-5H2,1H3. The fraction of sp³-hybridized carbons (Fsp3) is 0.333. The van der Waals surface area contributed by atoms with Crippen molar-refractivity contribution in [1.82, 2.24) is 14.7 Å². The number of nitrogens with one attached hydrogen (secondary N) is 1. The van der Waals surface area contributed by atoms with Crippen LogP contribution in [0, 0.1) is 0 Å². The molecule has 1 fully saturated rings. The van der Waals surface area contributed by atoms with Crippen LogP contribution in [0.3, 0.4) is 0 Å². The molecule has 0 amide bonds. The van der Waals surface area contributed by atoms with Gasteiger partial charge in [-0.05, 0) is 38.0 Å². The van der Waals surface area contributed by atoms with Gasteiger partial charge in [0.05, 0.1) is 10.4 Å². The van der Waals surface area contributed by atoms with Crippen molar-refractivity contribution < 1.29 is 8.42 Å². The van der Waals surface area contributed by atoms with Crippen LogP contribution in [0.2, 0.25) is 0 Å². The minimum atomic E-state index is -3.45. The predicted molar refractivity (Wildman–Crippen MR) is 67.5 cm³/mol. The lowest BCUT2D eigenvalue weighted by Crippen LogP contribution is -2.34. The first-order valence-corrected chi connectivity index (χ1v) is 7.21. The van der Waals surface area contributed by atoms with Crippen molar-refractivity contribution in [1.29, 1.82) is 0 Å². The van der Waals surface area contributed by atoms with E-state index in [2.05, 4.69) is 14.7 Å². The van der Waals surface area contributed by atoms with Gasteiger partial charge in [-0.2, -0.15) is 0 Å². The van der Waals surface area contributed by atoms with Crippen molar-refractivity contribution in [2.24, 2.45) is 0 Å². The Hall–Kier alpha value is -1.53. The van der Waals surface area contributed by atoms with Crippen LogP contribution in [0.1, 0.15) is 19.8 Å². The second kappa shape index (κ2) is 3.73. The average molecular weight is 263 g/mol. The predicted octanol–water partition coefficient (Wildman–Crippen LogP) is 1.46. The van der Waals surface area contributed by atoms with Gasteiger partial charge in [0.1, 0.15) is 6.33 Å². The minimum absolute atomic E-state index is 0.262. The Kier molecular flexibility index (Phi) is 2.39. The summed E-state index contributed by atoms with van der Waals surface area (Å²) in [5, 5.41) is 0.723. The maximum absolute atomic E-state index is 12.2. The molecule has 1 heterocycles. The summed E-state index contributed by atoms with van der Waals surface area (Å²) in [7, 11) is -3.45. The SMILES string of the molecule is CC1(NS(=O)(=O)c2ccc3ncncc3c2)CC1. The van der Waals surface area contributed by atoms with Gasteiger partial charge in [0.25, 0.3) is 0 Å². The summed E-state index contributed by atoms with van der Waals surface area (Å²) in [4.78, 5) is 8.22. The lowest BCUT2D eigenvalue weighted by atomic mass is 10.2. The molecule has 1 N–H and O–H groups in total. The van der Waals surface area contributed by atoms with E-state index in [-0.39, 0.29) is 10.4 Å². The lowest BCUT2D eigenvalue weighted by molar-refractivity contribution is 0.558. The molecule has 0 spiro atoms. The normalized spacial score (nSPS) is 17.8. The third kappa shape index (κ3) is 2.09. The number of rotatable bonds is 3. The zero-order chi connectivity index (χ0) is 12.8. The summed E-state index contributed by atoms with van der Waals surface area (Å²) in [6, 6.07) is 4.87. The van der Waals surface area contributed by atoms with E-state index in [9.17, 15) is 8.42 Å². The molecule has 1 aromatic heterocycles. The van der Waals surface area contributed by atoms with Crippen molar-refractivity contribution in [3.63, 3.8) is 0 Å². The molecule has 2 aromatic rings. The molecule has 18 heavy (non-hydrogen) atoms. The van der Waals surface area contributed by atoms with Gasteiger partial charge >= 0.3 is 0 Å². The third-order valence-corrected chi connectivity index (χ3v) is 4.80. The average Bonchev–Trinajstić information content (AvgIpc) is 3.05. The highest BCUT2D eigenvalue weighted by atomic mass is 32.2. The number of hydrogen-bond donors (Lipinski definition) is 1. The van der Waals surface area contributed by atoms with Crippen LogP contribution >= 0.6 is 0 Å². The van der Waals surface area contributed by atoms with Crippen LogP contribution in [0.25, 0.3) is 10.9 Å².